The Hall–Kier alpha value is -1.69. The summed E-state index contributed by atoms with van der Waals surface area (Å²) in [6, 6.07) is 0. The zero-order chi connectivity index (χ0) is 10.8. The molecule has 0 radical (unpaired) electrons. The van der Waals surface area contributed by atoms with Crippen molar-refractivity contribution in [2.75, 3.05) is 0 Å². The normalized spacial score (nSPS) is 10.5. The molecule has 0 saturated heterocycles. The van der Waals surface area contributed by atoms with Crippen molar-refractivity contribution in [3.63, 3.8) is 0 Å². The van der Waals surface area contributed by atoms with Crippen LogP contribution in [-0.4, -0.2) is 25.6 Å². The Morgan fingerprint density at radius 1 is 1.60 bits per heavy atom. The third kappa shape index (κ3) is 1.75. The number of hydrogen-bond acceptors (Lipinski definition) is 4. The van der Waals surface area contributed by atoms with Crippen LogP contribution in [0.5, 0.6) is 0 Å². The van der Waals surface area contributed by atoms with Crippen LogP contribution in [0.2, 0.25) is 0 Å². The number of aryl methyl sites for hydroxylation is 1. The molecule has 0 amide bonds. The molecule has 0 spiro atoms. The average molecular weight is 223 g/mol. The van der Waals surface area contributed by atoms with Crippen molar-refractivity contribution < 1.29 is 9.90 Å². The molecule has 78 valence electrons. The molecule has 0 saturated carbocycles. The summed E-state index contributed by atoms with van der Waals surface area (Å²) in [6.07, 6.45) is 5.61. The second kappa shape index (κ2) is 3.82. The highest BCUT2D eigenvalue weighted by Gasteiger charge is 2.11. The summed E-state index contributed by atoms with van der Waals surface area (Å²) in [5, 5.41) is 9.41. The van der Waals surface area contributed by atoms with E-state index < -0.39 is 5.97 Å². The zero-order valence-corrected chi connectivity index (χ0v) is 8.86. The van der Waals surface area contributed by atoms with Gasteiger partial charge in [0, 0.05) is 18.8 Å². The van der Waals surface area contributed by atoms with Gasteiger partial charge in [0.2, 0.25) is 0 Å². The van der Waals surface area contributed by atoms with Crippen LogP contribution in [-0.2, 0) is 6.42 Å². The molecule has 0 fully saturated rings. The number of aromatic carboxylic acids is 1. The molecular weight excluding hydrogens is 214 g/mol. The van der Waals surface area contributed by atoms with Gasteiger partial charge in [0.05, 0.1) is 6.20 Å². The fourth-order valence-electron chi connectivity index (χ4n) is 1.25. The highest BCUT2D eigenvalue weighted by molar-refractivity contribution is 7.15. The summed E-state index contributed by atoms with van der Waals surface area (Å²) >= 11 is 1.14. The van der Waals surface area contributed by atoms with Crippen molar-refractivity contribution in [3.8, 4) is 5.13 Å². The summed E-state index contributed by atoms with van der Waals surface area (Å²) < 4.78 is 1.80. The summed E-state index contributed by atoms with van der Waals surface area (Å²) in [5.41, 5.74) is 0. The molecule has 15 heavy (non-hydrogen) atoms. The standard InChI is InChI=1S/C9H9N3O2S/c1-2-7-10-3-4-12(7)9-11-5-6(15-9)8(13)14/h3-5H,2H2,1H3,(H,13,14). The topological polar surface area (TPSA) is 68.0 Å². The lowest BCUT2D eigenvalue weighted by molar-refractivity contribution is 0.0702. The largest absolute Gasteiger partial charge is 0.477 e. The number of aromatic nitrogens is 3. The van der Waals surface area contributed by atoms with Gasteiger partial charge < -0.3 is 5.11 Å². The van der Waals surface area contributed by atoms with Crippen molar-refractivity contribution in [2.45, 2.75) is 13.3 Å². The number of rotatable bonds is 3. The second-order valence-corrected chi connectivity index (χ2v) is 3.89. The summed E-state index contributed by atoms with van der Waals surface area (Å²) in [6.45, 7) is 1.99. The molecule has 2 aromatic heterocycles. The number of imidazole rings is 1. The Kier molecular flexibility index (Phi) is 2.51. The fraction of sp³-hybridized carbons (Fsp3) is 0.222. The van der Waals surface area contributed by atoms with Gasteiger partial charge in [-0.1, -0.05) is 18.3 Å². The third-order valence-corrected chi connectivity index (χ3v) is 2.93. The fourth-order valence-corrected chi connectivity index (χ4v) is 2.00. The second-order valence-electron chi connectivity index (χ2n) is 2.88. The maximum absolute atomic E-state index is 10.7. The SMILES string of the molecule is CCc1nccn1-c1ncc(C(=O)O)s1. The van der Waals surface area contributed by atoms with E-state index in [2.05, 4.69) is 9.97 Å². The molecule has 2 aromatic rings. The molecule has 2 rings (SSSR count). The molecule has 1 N–H and O–H groups in total. The first-order valence-corrected chi connectivity index (χ1v) is 5.25. The van der Waals surface area contributed by atoms with Gasteiger partial charge in [-0.05, 0) is 0 Å². The lowest BCUT2D eigenvalue weighted by atomic mass is 10.5. The Morgan fingerprint density at radius 3 is 3.00 bits per heavy atom. The Balaban J connectivity index is 2.41. The van der Waals surface area contributed by atoms with E-state index >= 15 is 0 Å². The van der Waals surface area contributed by atoms with Gasteiger partial charge in [-0.3, -0.25) is 4.57 Å². The number of carboxylic acids is 1. The molecule has 0 aliphatic carbocycles. The van der Waals surface area contributed by atoms with E-state index in [1.54, 1.807) is 17.0 Å². The Labute approximate surface area is 90.0 Å². The molecule has 0 aliphatic heterocycles. The number of nitrogens with zero attached hydrogens (tertiary/aromatic N) is 3. The van der Waals surface area contributed by atoms with E-state index in [1.807, 2.05) is 6.92 Å². The highest BCUT2D eigenvalue weighted by Crippen LogP contribution is 2.18. The minimum atomic E-state index is -0.947. The molecule has 0 unspecified atom stereocenters. The molecular formula is C9H9N3O2S. The van der Waals surface area contributed by atoms with Gasteiger partial charge in [-0.25, -0.2) is 14.8 Å². The number of carbonyl (C=O) groups is 1. The molecule has 0 atom stereocenters. The predicted octanol–water partition coefficient (Wildman–Crippen LogP) is 1.59. The van der Waals surface area contributed by atoms with Gasteiger partial charge >= 0.3 is 5.97 Å². The molecule has 2 heterocycles. The van der Waals surface area contributed by atoms with E-state index in [1.165, 1.54) is 6.20 Å². The minimum absolute atomic E-state index is 0.237. The number of carboxylic acid groups (broad SMARTS) is 1. The monoisotopic (exact) mass is 223 g/mol. The summed E-state index contributed by atoms with van der Waals surface area (Å²) in [4.78, 5) is 19.1. The molecule has 0 aromatic carbocycles. The van der Waals surface area contributed by atoms with Crippen molar-refractivity contribution in [1.82, 2.24) is 14.5 Å². The maximum Gasteiger partial charge on any atom is 0.347 e. The first kappa shape index (κ1) is 9.85. The predicted molar refractivity (Wildman–Crippen MR) is 55.6 cm³/mol. The lowest BCUT2D eigenvalue weighted by Crippen LogP contribution is -1.97. The Morgan fingerprint density at radius 2 is 2.40 bits per heavy atom. The van der Waals surface area contributed by atoms with Gasteiger partial charge in [-0.2, -0.15) is 0 Å². The van der Waals surface area contributed by atoms with Gasteiger partial charge in [0.1, 0.15) is 10.7 Å². The van der Waals surface area contributed by atoms with Crippen molar-refractivity contribution in [3.05, 3.63) is 29.3 Å². The van der Waals surface area contributed by atoms with Crippen molar-refractivity contribution >= 4 is 17.3 Å². The molecule has 0 aliphatic rings. The van der Waals surface area contributed by atoms with Crippen LogP contribution in [0, 0.1) is 0 Å². The molecule has 0 bridgehead atoms. The quantitative estimate of drug-likeness (QED) is 0.858. The third-order valence-electron chi connectivity index (χ3n) is 1.94. The van der Waals surface area contributed by atoms with E-state index in [0.29, 0.717) is 5.13 Å². The smallest absolute Gasteiger partial charge is 0.347 e. The zero-order valence-electron chi connectivity index (χ0n) is 8.04. The lowest BCUT2D eigenvalue weighted by Gasteiger charge is -1.99. The van der Waals surface area contributed by atoms with E-state index in [9.17, 15) is 4.79 Å². The summed E-state index contributed by atoms with van der Waals surface area (Å²) in [7, 11) is 0. The molecule has 5 nitrogen and oxygen atoms in total. The Bertz CT molecular complexity index is 489. The van der Waals surface area contributed by atoms with Crippen LogP contribution >= 0.6 is 11.3 Å². The van der Waals surface area contributed by atoms with Crippen LogP contribution in [0.25, 0.3) is 5.13 Å². The highest BCUT2D eigenvalue weighted by atomic mass is 32.1. The van der Waals surface area contributed by atoms with Crippen LogP contribution < -0.4 is 0 Å². The van der Waals surface area contributed by atoms with Crippen molar-refractivity contribution in [2.24, 2.45) is 0 Å². The van der Waals surface area contributed by atoms with Gasteiger partial charge in [-0.15, -0.1) is 0 Å². The van der Waals surface area contributed by atoms with Gasteiger partial charge in [0.25, 0.3) is 0 Å². The van der Waals surface area contributed by atoms with E-state index in [0.717, 1.165) is 23.6 Å². The first-order valence-electron chi connectivity index (χ1n) is 4.44. The molecule has 6 heteroatoms. The van der Waals surface area contributed by atoms with Crippen LogP contribution in [0.4, 0.5) is 0 Å². The number of thiazole rings is 1. The summed E-state index contributed by atoms with van der Waals surface area (Å²) in [5.74, 6) is -0.0711. The number of hydrogen-bond donors (Lipinski definition) is 1. The average Bonchev–Trinajstić information content (AvgIpc) is 2.85. The van der Waals surface area contributed by atoms with Crippen LogP contribution in [0.1, 0.15) is 22.4 Å². The van der Waals surface area contributed by atoms with E-state index in [4.69, 9.17) is 5.11 Å². The van der Waals surface area contributed by atoms with Gasteiger partial charge in [0.15, 0.2) is 5.13 Å². The van der Waals surface area contributed by atoms with Crippen molar-refractivity contribution in [1.29, 1.82) is 0 Å². The van der Waals surface area contributed by atoms with E-state index in [-0.39, 0.29) is 4.88 Å². The maximum atomic E-state index is 10.7. The first-order chi connectivity index (χ1) is 7.22. The van der Waals surface area contributed by atoms with Crippen LogP contribution in [0.15, 0.2) is 18.6 Å². The minimum Gasteiger partial charge on any atom is -0.477 e. The van der Waals surface area contributed by atoms with Crippen LogP contribution in [0.3, 0.4) is 0 Å².